The van der Waals surface area contributed by atoms with Gasteiger partial charge in [0.05, 0.1) is 12.2 Å². The maximum atomic E-state index is 6.08. The van der Waals surface area contributed by atoms with Gasteiger partial charge in [-0.15, -0.1) is 0 Å². The summed E-state index contributed by atoms with van der Waals surface area (Å²) in [5.74, 6) is 1.34. The highest BCUT2D eigenvalue weighted by Gasteiger charge is 2.19. The number of hydrogen-bond donors (Lipinski definition) is 1. The molecule has 0 amide bonds. The highest BCUT2D eigenvalue weighted by Crippen LogP contribution is 2.09. The molecule has 2 aromatic heterocycles. The summed E-state index contributed by atoms with van der Waals surface area (Å²) < 4.78 is 1.76. The van der Waals surface area contributed by atoms with Crippen LogP contribution in [-0.4, -0.2) is 56.8 Å². The number of piperazine rings is 1. The maximum absolute atomic E-state index is 6.08. The van der Waals surface area contributed by atoms with Crippen LogP contribution in [0.4, 0.5) is 5.95 Å². The number of nitrogens with two attached hydrogens (primary N) is 1. The molecule has 3 heterocycles. The summed E-state index contributed by atoms with van der Waals surface area (Å²) >= 11 is 0. The summed E-state index contributed by atoms with van der Waals surface area (Å²) in [5.41, 5.74) is 7.00. The molecule has 0 atom stereocenters. The third-order valence-corrected chi connectivity index (χ3v) is 3.61. The van der Waals surface area contributed by atoms with Gasteiger partial charge >= 0.3 is 0 Å². The zero-order valence-corrected chi connectivity index (χ0v) is 12.6. The van der Waals surface area contributed by atoms with Crippen LogP contribution in [0.1, 0.15) is 5.69 Å². The standard InChI is InChI=1S/C14H20N8/c1-20-6-3-12(19-20)11-18-13(15)21-7-9-22(10-8-21)14-16-4-2-5-17-14/h2-6H,7-11H2,1H3,(H2,15,18). The third-order valence-electron chi connectivity index (χ3n) is 3.61. The van der Waals surface area contributed by atoms with Crippen molar-refractivity contribution in [2.24, 2.45) is 17.8 Å². The van der Waals surface area contributed by atoms with Crippen LogP contribution < -0.4 is 10.6 Å². The fraction of sp³-hybridized carbons (Fsp3) is 0.429. The van der Waals surface area contributed by atoms with Gasteiger partial charge in [0.15, 0.2) is 5.96 Å². The lowest BCUT2D eigenvalue weighted by Gasteiger charge is -2.35. The van der Waals surface area contributed by atoms with Crippen molar-refractivity contribution in [2.75, 3.05) is 31.1 Å². The topological polar surface area (TPSA) is 88.5 Å². The average molecular weight is 300 g/mol. The molecule has 2 aromatic rings. The van der Waals surface area contributed by atoms with E-state index in [4.69, 9.17) is 5.73 Å². The molecule has 0 aliphatic carbocycles. The summed E-state index contributed by atoms with van der Waals surface area (Å²) in [6.45, 7) is 3.81. The first-order valence-corrected chi connectivity index (χ1v) is 7.28. The van der Waals surface area contributed by atoms with Crippen LogP contribution in [0.15, 0.2) is 35.7 Å². The van der Waals surface area contributed by atoms with E-state index in [1.807, 2.05) is 25.4 Å². The zero-order valence-electron chi connectivity index (χ0n) is 12.6. The smallest absolute Gasteiger partial charge is 0.225 e. The first-order chi connectivity index (χ1) is 10.7. The van der Waals surface area contributed by atoms with Gasteiger partial charge < -0.3 is 15.5 Å². The van der Waals surface area contributed by atoms with Crippen molar-refractivity contribution in [1.29, 1.82) is 0 Å². The summed E-state index contributed by atoms with van der Waals surface area (Å²) in [6.07, 6.45) is 5.43. The van der Waals surface area contributed by atoms with E-state index >= 15 is 0 Å². The van der Waals surface area contributed by atoms with Gasteiger partial charge in [-0.2, -0.15) is 5.10 Å². The fourth-order valence-electron chi connectivity index (χ4n) is 2.40. The number of hydrogen-bond acceptors (Lipinski definition) is 5. The van der Waals surface area contributed by atoms with Crippen LogP contribution >= 0.6 is 0 Å². The van der Waals surface area contributed by atoms with Crippen molar-refractivity contribution >= 4 is 11.9 Å². The molecule has 1 aliphatic heterocycles. The Kier molecular flexibility index (Phi) is 4.17. The Bertz CT molecular complexity index is 627. The van der Waals surface area contributed by atoms with Crippen LogP contribution in [-0.2, 0) is 13.6 Å². The molecule has 22 heavy (non-hydrogen) atoms. The maximum Gasteiger partial charge on any atom is 0.225 e. The Hall–Kier alpha value is -2.64. The predicted molar refractivity (Wildman–Crippen MR) is 84.4 cm³/mol. The van der Waals surface area contributed by atoms with Gasteiger partial charge in [-0.05, 0) is 12.1 Å². The van der Waals surface area contributed by atoms with Crippen LogP contribution in [0, 0.1) is 0 Å². The molecule has 0 saturated carbocycles. The number of guanidine groups is 1. The summed E-state index contributed by atoms with van der Waals surface area (Å²) in [7, 11) is 1.89. The highest BCUT2D eigenvalue weighted by atomic mass is 15.4. The number of aliphatic imine (C=N–C) groups is 1. The minimum atomic E-state index is 0.509. The van der Waals surface area contributed by atoms with Crippen molar-refractivity contribution in [3.8, 4) is 0 Å². The summed E-state index contributed by atoms with van der Waals surface area (Å²) in [6, 6.07) is 3.77. The Morgan fingerprint density at radius 2 is 1.95 bits per heavy atom. The van der Waals surface area contributed by atoms with Gasteiger partial charge in [0.1, 0.15) is 0 Å². The van der Waals surface area contributed by atoms with E-state index < -0.39 is 0 Å². The monoisotopic (exact) mass is 300 g/mol. The van der Waals surface area contributed by atoms with E-state index in [0.717, 1.165) is 37.8 Å². The van der Waals surface area contributed by atoms with E-state index in [9.17, 15) is 0 Å². The largest absolute Gasteiger partial charge is 0.370 e. The molecule has 0 radical (unpaired) electrons. The van der Waals surface area contributed by atoms with E-state index in [0.29, 0.717) is 12.5 Å². The van der Waals surface area contributed by atoms with Gasteiger partial charge in [-0.25, -0.2) is 15.0 Å². The molecular weight excluding hydrogens is 280 g/mol. The minimum absolute atomic E-state index is 0.509. The number of aromatic nitrogens is 4. The quantitative estimate of drug-likeness (QED) is 0.626. The highest BCUT2D eigenvalue weighted by molar-refractivity contribution is 5.78. The van der Waals surface area contributed by atoms with Gasteiger partial charge in [0, 0.05) is 51.8 Å². The van der Waals surface area contributed by atoms with E-state index in [1.165, 1.54) is 0 Å². The number of nitrogens with zero attached hydrogens (tertiary/aromatic N) is 7. The third kappa shape index (κ3) is 3.33. The van der Waals surface area contributed by atoms with Crippen LogP contribution in [0.2, 0.25) is 0 Å². The van der Waals surface area contributed by atoms with Crippen molar-refractivity contribution in [2.45, 2.75) is 6.54 Å². The minimum Gasteiger partial charge on any atom is -0.370 e. The molecule has 116 valence electrons. The van der Waals surface area contributed by atoms with Gasteiger partial charge in [0.2, 0.25) is 5.95 Å². The lowest BCUT2D eigenvalue weighted by Crippen LogP contribution is -2.51. The van der Waals surface area contributed by atoms with Crippen molar-refractivity contribution in [1.82, 2.24) is 24.6 Å². The predicted octanol–water partition coefficient (Wildman–Crippen LogP) is -0.153. The SMILES string of the molecule is Cn1ccc(CN=C(N)N2CCN(c3ncccn3)CC2)n1. The lowest BCUT2D eigenvalue weighted by molar-refractivity contribution is 0.378. The zero-order chi connectivity index (χ0) is 15.4. The molecule has 0 unspecified atom stereocenters. The summed E-state index contributed by atoms with van der Waals surface area (Å²) in [5, 5.41) is 4.29. The van der Waals surface area contributed by atoms with E-state index in [1.54, 1.807) is 17.1 Å². The fourth-order valence-corrected chi connectivity index (χ4v) is 2.40. The van der Waals surface area contributed by atoms with Crippen molar-refractivity contribution in [3.05, 3.63) is 36.4 Å². The van der Waals surface area contributed by atoms with Crippen molar-refractivity contribution < 1.29 is 0 Å². The molecule has 0 bridgehead atoms. The molecule has 1 saturated heterocycles. The van der Waals surface area contributed by atoms with Gasteiger partial charge in [-0.3, -0.25) is 4.68 Å². The normalized spacial score (nSPS) is 16.1. The number of anilines is 1. The average Bonchev–Trinajstić information content (AvgIpc) is 2.99. The number of aryl methyl sites for hydroxylation is 1. The second kappa shape index (κ2) is 6.42. The van der Waals surface area contributed by atoms with E-state index in [-0.39, 0.29) is 0 Å². The molecule has 3 rings (SSSR count). The Morgan fingerprint density at radius 1 is 1.23 bits per heavy atom. The second-order valence-electron chi connectivity index (χ2n) is 5.18. The molecule has 0 aromatic carbocycles. The Labute approximate surface area is 129 Å². The van der Waals surface area contributed by atoms with Gasteiger partial charge in [0.25, 0.3) is 0 Å². The molecule has 2 N–H and O–H groups in total. The Morgan fingerprint density at radius 3 is 2.59 bits per heavy atom. The molecule has 1 fully saturated rings. The molecule has 1 aliphatic rings. The van der Waals surface area contributed by atoms with Crippen molar-refractivity contribution in [3.63, 3.8) is 0 Å². The first-order valence-electron chi connectivity index (χ1n) is 7.28. The summed E-state index contributed by atoms with van der Waals surface area (Å²) in [4.78, 5) is 17.2. The van der Waals surface area contributed by atoms with Gasteiger partial charge in [-0.1, -0.05) is 0 Å². The Balaban J connectivity index is 1.54. The van der Waals surface area contributed by atoms with E-state index in [2.05, 4.69) is 29.9 Å². The number of rotatable bonds is 3. The second-order valence-corrected chi connectivity index (χ2v) is 5.18. The van der Waals surface area contributed by atoms with Crippen LogP contribution in [0.3, 0.4) is 0 Å². The van der Waals surface area contributed by atoms with Crippen LogP contribution in [0.25, 0.3) is 0 Å². The molecular formula is C14H20N8. The lowest BCUT2D eigenvalue weighted by atomic mass is 10.3. The first kappa shape index (κ1) is 14.3. The van der Waals surface area contributed by atoms with Crippen LogP contribution in [0.5, 0.6) is 0 Å². The molecule has 8 nitrogen and oxygen atoms in total. The molecule has 8 heteroatoms. The molecule has 0 spiro atoms.